The Balaban J connectivity index is 2.16. The summed E-state index contributed by atoms with van der Waals surface area (Å²) in [7, 11) is 1.85. The quantitative estimate of drug-likeness (QED) is 0.782. The van der Waals surface area contributed by atoms with Gasteiger partial charge in [0, 0.05) is 12.6 Å². The van der Waals surface area contributed by atoms with Gasteiger partial charge < -0.3 is 15.0 Å². The molecule has 1 aliphatic rings. The van der Waals surface area contributed by atoms with Crippen molar-refractivity contribution in [3.8, 4) is 5.75 Å². The lowest BCUT2D eigenvalue weighted by atomic mass is 10.3. The Labute approximate surface area is 125 Å². The topological polar surface area (TPSA) is 83.0 Å². The maximum Gasteiger partial charge on any atom is 0.266 e. The van der Waals surface area contributed by atoms with Crippen LogP contribution in [0.5, 0.6) is 5.75 Å². The average Bonchev–Trinajstić information content (AvgIpc) is 2.42. The summed E-state index contributed by atoms with van der Waals surface area (Å²) in [5.74, 6) is 0.749. The van der Waals surface area contributed by atoms with Crippen LogP contribution in [0.4, 0.5) is 5.69 Å². The van der Waals surface area contributed by atoms with Crippen molar-refractivity contribution < 1.29 is 13.2 Å². The molecule has 0 bridgehead atoms. The van der Waals surface area contributed by atoms with Gasteiger partial charge in [-0.3, -0.25) is 4.99 Å². The standard InChI is InChI=1S/C13H20N4O3S/c1-17(2)8-4-7-14-13-15-11-6-5-10(20-3)9-12(11)21(18,19)16-13/h5-6,9H,4,7-8H2,1-3H3,(H2,14,15,16). The van der Waals surface area contributed by atoms with E-state index in [1.54, 1.807) is 12.1 Å². The van der Waals surface area contributed by atoms with Crippen LogP contribution >= 0.6 is 0 Å². The van der Waals surface area contributed by atoms with E-state index in [0.29, 0.717) is 18.0 Å². The van der Waals surface area contributed by atoms with Crippen molar-refractivity contribution in [1.82, 2.24) is 9.62 Å². The maximum absolute atomic E-state index is 12.2. The van der Waals surface area contributed by atoms with Gasteiger partial charge in [-0.05, 0) is 39.2 Å². The largest absolute Gasteiger partial charge is 0.497 e. The number of sulfonamides is 1. The Hall–Kier alpha value is -1.80. The zero-order chi connectivity index (χ0) is 15.5. The fourth-order valence-electron chi connectivity index (χ4n) is 1.94. The van der Waals surface area contributed by atoms with Crippen molar-refractivity contribution in [2.24, 2.45) is 4.99 Å². The molecule has 0 radical (unpaired) electrons. The first-order valence-corrected chi connectivity index (χ1v) is 8.08. The second-order valence-corrected chi connectivity index (χ2v) is 6.63. The monoisotopic (exact) mass is 312 g/mol. The second kappa shape index (κ2) is 6.31. The van der Waals surface area contributed by atoms with Gasteiger partial charge in [0.2, 0.25) is 5.96 Å². The molecule has 1 aliphatic heterocycles. The van der Waals surface area contributed by atoms with Gasteiger partial charge in [0.25, 0.3) is 10.0 Å². The average molecular weight is 312 g/mol. The van der Waals surface area contributed by atoms with Crippen LogP contribution in [0.2, 0.25) is 0 Å². The number of rotatable bonds is 5. The molecule has 0 spiro atoms. The van der Waals surface area contributed by atoms with Crippen molar-refractivity contribution in [3.63, 3.8) is 0 Å². The number of anilines is 1. The van der Waals surface area contributed by atoms with Crippen LogP contribution in [0.3, 0.4) is 0 Å². The van der Waals surface area contributed by atoms with E-state index in [-0.39, 0.29) is 10.9 Å². The van der Waals surface area contributed by atoms with Crippen LogP contribution in [0.1, 0.15) is 6.42 Å². The highest BCUT2D eigenvalue weighted by Gasteiger charge is 2.26. The van der Waals surface area contributed by atoms with Gasteiger partial charge >= 0.3 is 0 Å². The van der Waals surface area contributed by atoms with E-state index in [1.807, 2.05) is 14.1 Å². The Morgan fingerprint density at radius 2 is 2.10 bits per heavy atom. The minimum Gasteiger partial charge on any atom is -0.497 e. The highest BCUT2D eigenvalue weighted by atomic mass is 32.2. The van der Waals surface area contributed by atoms with Gasteiger partial charge in [0.05, 0.1) is 12.8 Å². The fourth-order valence-corrected chi connectivity index (χ4v) is 3.10. The van der Waals surface area contributed by atoms with Gasteiger partial charge in [-0.25, -0.2) is 13.1 Å². The van der Waals surface area contributed by atoms with Crippen LogP contribution in [0, 0.1) is 0 Å². The van der Waals surface area contributed by atoms with Gasteiger partial charge in [-0.15, -0.1) is 0 Å². The maximum atomic E-state index is 12.2. The highest BCUT2D eigenvalue weighted by molar-refractivity contribution is 7.90. The second-order valence-electron chi connectivity index (χ2n) is 4.98. The molecule has 1 aromatic rings. The van der Waals surface area contributed by atoms with Gasteiger partial charge in [-0.1, -0.05) is 0 Å². The Kier molecular flexibility index (Phi) is 4.69. The molecule has 0 saturated heterocycles. The number of methoxy groups -OCH3 is 1. The molecule has 8 heteroatoms. The van der Waals surface area contributed by atoms with Gasteiger partial charge in [0.15, 0.2) is 0 Å². The Morgan fingerprint density at radius 3 is 2.76 bits per heavy atom. The van der Waals surface area contributed by atoms with Crippen LogP contribution in [-0.4, -0.2) is 53.6 Å². The number of benzene rings is 1. The number of aliphatic imine (C=N–C) groups is 1. The molecule has 116 valence electrons. The zero-order valence-corrected chi connectivity index (χ0v) is 13.2. The smallest absolute Gasteiger partial charge is 0.266 e. The summed E-state index contributed by atoms with van der Waals surface area (Å²) < 4.78 is 31.9. The molecule has 0 aromatic heterocycles. The van der Waals surface area contributed by atoms with Crippen molar-refractivity contribution in [3.05, 3.63) is 18.2 Å². The van der Waals surface area contributed by atoms with Crippen molar-refractivity contribution in [2.45, 2.75) is 11.3 Å². The molecule has 0 amide bonds. The lowest BCUT2D eigenvalue weighted by Crippen LogP contribution is -2.40. The number of nitrogens with one attached hydrogen (secondary N) is 2. The summed E-state index contributed by atoms with van der Waals surface area (Å²) in [6, 6.07) is 4.85. The number of fused-ring (bicyclic) bond motifs is 1. The first kappa shape index (κ1) is 15.6. The van der Waals surface area contributed by atoms with Crippen molar-refractivity contribution >= 4 is 21.7 Å². The van der Waals surface area contributed by atoms with Crippen LogP contribution in [0.25, 0.3) is 0 Å². The molecule has 2 N–H and O–H groups in total. The van der Waals surface area contributed by atoms with Crippen LogP contribution < -0.4 is 14.8 Å². The summed E-state index contributed by atoms with van der Waals surface area (Å²) in [6.07, 6.45) is 0.857. The van der Waals surface area contributed by atoms with Gasteiger partial charge in [0.1, 0.15) is 10.6 Å². The fraction of sp³-hybridized carbons (Fsp3) is 0.462. The van der Waals surface area contributed by atoms with E-state index in [2.05, 4.69) is 19.9 Å². The third kappa shape index (κ3) is 3.85. The van der Waals surface area contributed by atoms with Crippen LogP contribution in [0.15, 0.2) is 28.1 Å². The first-order valence-electron chi connectivity index (χ1n) is 6.59. The van der Waals surface area contributed by atoms with E-state index in [0.717, 1.165) is 13.0 Å². The number of nitrogens with zero attached hydrogens (tertiary/aromatic N) is 2. The third-order valence-electron chi connectivity index (χ3n) is 3.00. The lowest BCUT2D eigenvalue weighted by Gasteiger charge is -2.22. The Morgan fingerprint density at radius 1 is 1.33 bits per heavy atom. The number of ether oxygens (including phenoxy) is 1. The normalized spacial score (nSPS) is 18.0. The first-order chi connectivity index (χ1) is 9.92. The van der Waals surface area contributed by atoms with Gasteiger partial charge in [-0.2, -0.15) is 0 Å². The zero-order valence-electron chi connectivity index (χ0n) is 12.4. The molecule has 0 aliphatic carbocycles. The molecule has 0 unspecified atom stereocenters. The summed E-state index contributed by atoms with van der Waals surface area (Å²) in [5, 5.41) is 2.98. The van der Waals surface area contributed by atoms with Crippen molar-refractivity contribution in [1.29, 1.82) is 0 Å². The minimum atomic E-state index is -3.61. The van der Waals surface area contributed by atoms with Crippen LogP contribution in [-0.2, 0) is 10.0 Å². The number of hydrogen-bond donors (Lipinski definition) is 2. The van der Waals surface area contributed by atoms with E-state index in [1.165, 1.54) is 13.2 Å². The minimum absolute atomic E-state index is 0.161. The molecule has 1 heterocycles. The summed E-state index contributed by atoms with van der Waals surface area (Å²) in [6.45, 7) is 1.45. The third-order valence-corrected chi connectivity index (χ3v) is 4.37. The molecule has 21 heavy (non-hydrogen) atoms. The number of guanidine groups is 1. The Bertz CT molecular complexity index is 641. The summed E-state index contributed by atoms with van der Waals surface area (Å²) >= 11 is 0. The molecule has 0 atom stereocenters. The molecule has 7 nitrogen and oxygen atoms in total. The van der Waals surface area contributed by atoms with Crippen molar-refractivity contribution in [2.75, 3.05) is 39.6 Å². The van der Waals surface area contributed by atoms with E-state index < -0.39 is 10.0 Å². The molecule has 0 fully saturated rings. The van der Waals surface area contributed by atoms with E-state index in [4.69, 9.17) is 4.74 Å². The summed E-state index contributed by atoms with van der Waals surface area (Å²) in [5.41, 5.74) is 0.501. The molecule has 0 saturated carbocycles. The summed E-state index contributed by atoms with van der Waals surface area (Å²) in [4.78, 5) is 6.47. The molecular formula is C13H20N4O3S. The predicted octanol–water partition coefficient (Wildman–Crippen LogP) is 0.707. The number of hydrogen-bond acceptors (Lipinski definition) is 5. The lowest BCUT2D eigenvalue weighted by molar-refractivity contribution is 0.403. The molecule has 1 aromatic carbocycles. The van der Waals surface area contributed by atoms with E-state index >= 15 is 0 Å². The SMILES string of the molecule is COc1ccc2c(c1)S(=O)(=O)NC(=NCCCN(C)C)N2. The molecule has 2 rings (SSSR count). The predicted molar refractivity (Wildman–Crippen MR) is 82.4 cm³/mol. The van der Waals surface area contributed by atoms with E-state index in [9.17, 15) is 8.42 Å². The molecular weight excluding hydrogens is 292 g/mol. The highest BCUT2D eigenvalue weighted by Crippen LogP contribution is 2.28.